The van der Waals surface area contributed by atoms with Gasteiger partial charge in [0.1, 0.15) is 23.9 Å². The highest BCUT2D eigenvalue weighted by atomic mass is 19.1. The van der Waals surface area contributed by atoms with E-state index in [0.29, 0.717) is 17.0 Å². The van der Waals surface area contributed by atoms with Gasteiger partial charge in [0, 0.05) is 11.6 Å². The van der Waals surface area contributed by atoms with Gasteiger partial charge in [-0.25, -0.2) is 4.39 Å². The van der Waals surface area contributed by atoms with E-state index in [-0.39, 0.29) is 12.4 Å². The van der Waals surface area contributed by atoms with E-state index in [2.05, 4.69) is 5.16 Å². The Bertz CT molecular complexity index is 349. The maximum Gasteiger partial charge on any atom is 0.134 e. The van der Waals surface area contributed by atoms with E-state index < -0.39 is 0 Å². The molecule has 0 saturated carbocycles. The summed E-state index contributed by atoms with van der Waals surface area (Å²) in [7, 11) is 0. The minimum absolute atomic E-state index is 0.204. The van der Waals surface area contributed by atoms with E-state index in [1.165, 1.54) is 18.2 Å². The average molecular weight is 167 g/mol. The van der Waals surface area contributed by atoms with Gasteiger partial charge in [0.05, 0.1) is 0 Å². The molecule has 0 bridgehead atoms. The maximum atomic E-state index is 12.6. The predicted octanol–water partition coefficient (Wildman–Crippen LogP) is 1.40. The average Bonchev–Trinajstić information content (AvgIpc) is 2.46. The van der Waals surface area contributed by atoms with Crippen LogP contribution in [0.2, 0.25) is 0 Å². The molecule has 0 fully saturated rings. The molecule has 1 aliphatic rings. The summed E-state index contributed by atoms with van der Waals surface area (Å²) in [5.74, 6) is 0.0794. The number of benzene rings is 1. The highest BCUT2D eigenvalue weighted by molar-refractivity contribution is 6.05. The normalized spacial score (nSPS) is 17.6. The largest absolute Gasteiger partial charge is 0.486 e. The Morgan fingerprint density at radius 1 is 1.50 bits per heavy atom. The second-order valence-electron chi connectivity index (χ2n) is 2.48. The summed E-state index contributed by atoms with van der Waals surface area (Å²) in [6.45, 7) is 0.204. The second-order valence-corrected chi connectivity index (χ2v) is 2.48. The molecule has 1 aliphatic heterocycles. The van der Waals surface area contributed by atoms with Crippen LogP contribution in [0.3, 0.4) is 0 Å². The summed E-state index contributed by atoms with van der Waals surface area (Å²) in [6.07, 6.45) is 0. The molecule has 1 heterocycles. The van der Waals surface area contributed by atoms with Crippen molar-refractivity contribution in [3.63, 3.8) is 0 Å². The minimum atomic E-state index is -0.354. The van der Waals surface area contributed by atoms with Crippen molar-refractivity contribution in [3.8, 4) is 5.75 Å². The minimum Gasteiger partial charge on any atom is -0.486 e. The summed E-state index contributed by atoms with van der Waals surface area (Å²) >= 11 is 0. The number of oxime groups is 1. The number of ether oxygens (including phenoxy) is 1. The van der Waals surface area contributed by atoms with Crippen molar-refractivity contribution in [2.75, 3.05) is 6.61 Å². The standard InChI is InChI=1S/C8H6FNO2/c9-5-1-2-6-7(10-11)4-12-8(6)3-5/h1-3,11H,4H2. The number of hydrogen-bond acceptors (Lipinski definition) is 3. The van der Waals surface area contributed by atoms with Crippen LogP contribution in [0.25, 0.3) is 0 Å². The van der Waals surface area contributed by atoms with E-state index in [0.717, 1.165) is 0 Å². The van der Waals surface area contributed by atoms with E-state index in [1.54, 1.807) is 0 Å². The molecular formula is C8H6FNO2. The fraction of sp³-hybridized carbons (Fsp3) is 0.125. The van der Waals surface area contributed by atoms with Gasteiger partial charge in [0.2, 0.25) is 0 Å². The van der Waals surface area contributed by atoms with Gasteiger partial charge < -0.3 is 9.94 Å². The molecule has 0 unspecified atom stereocenters. The molecule has 0 spiro atoms. The van der Waals surface area contributed by atoms with Gasteiger partial charge in [-0.15, -0.1) is 0 Å². The van der Waals surface area contributed by atoms with Crippen LogP contribution in [0.4, 0.5) is 4.39 Å². The van der Waals surface area contributed by atoms with Crippen molar-refractivity contribution in [2.45, 2.75) is 0 Å². The summed E-state index contributed by atoms with van der Waals surface area (Å²) in [5, 5.41) is 11.5. The molecule has 12 heavy (non-hydrogen) atoms. The first kappa shape index (κ1) is 7.09. The third-order valence-electron chi connectivity index (χ3n) is 1.74. The molecule has 0 amide bonds. The predicted molar refractivity (Wildman–Crippen MR) is 40.2 cm³/mol. The Morgan fingerprint density at radius 2 is 2.33 bits per heavy atom. The third kappa shape index (κ3) is 0.922. The van der Waals surface area contributed by atoms with Crippen LogP contribution in [0.15, 0.2) is 23.4 Å². The molecule has 1 N–H and O–H groups in total. The number of rotatable bonds is 0. The quantitative estimate of drug-likeness (QED) is 0.468. The van der Waals surface area contributed by atoms with Crippen molar-refractivity contribution in [3.05, 3.63) is 29.6 Å². The molecule has 0 aromatic heterocycles. The lowest BCUT2D eigenvalue weighted by Crippen LogP contribution is -2.01. The number of nitrogens with zero attached hydrogens (tertiary/aromatic N) is 1. The Labute approximate surface area is 68.1 Å². The molecule has 0 atom stereocenters. The lowest BCUT2D eigenvalue weighted by molar-refractivity contribution is 0.313. The van der Waals surface area contributed by atoms with Gasteiger partial charge in [-0.05, 0) is 12.1 Å². The summed E-state index contributed by atoms with van der Waals surface area (Å²) in [4.78, 5) is 0. The zero-order valence-electron chi connectivity index (χ0n) is 6.12. The van der Waals surface area contributed by atoms with E-state index in [1.807, 2.05) is 0 Å². The molecule has 4 heteroatoms. The molecule has 62 valence electrons. The lowest BCUT2D eigenvalue weighted by Gasteiger charge is -1.95. The Balaban J connectivity index is 2.55. The first-order valence-electron chi connectivity index (χ1n) is 3.45. The SMILES string of the molecule is ON=C1COc2cc(F)ccc21. The third-order valence-corrected chi connectivity index (χ3v) is 1.74. The lowest BCUT2D eigenvalue weighted by atomic mass is 10.1. The molecule has 3 nitrogen and oxygen atoms in total. The first-order chi connectivity index (χ1) is 5.81. The molecule has 2 rings (SSSR count). The van der Waals surface area contributed by atoms with Gasteiger partial charge >= 0.3 is 0 Å². The summed E-state index contributed by atoms with van der Waals surface area (Å²) in [5.41, 5.74) is 1.09. The molecular weight excluding hydrogens is 161 g/mol. The van der Waals surface area contributed by atoms with E-state index in [9.17, 15) is 4.39 Å². The van der Waals surface area contributed by atoms with Crippen molar-refractivity contribution in [1.82, 2.24) is 0 Å². The van der Waals surface area contributed by atoms with Gasteiger partial charge in [-0.2, -0.15) is 0 Å². The van der Waals surface area contributed by atoms with Crippen LogP contribution in [-0.2, 0) is 0 Å². The Kier molecular flexibility index (Phi) is 1.46. The number of halogens is 1. The van der Waals surface area contributed by atoms with Crippen molar-refractivity contribution >= 4 is 5.71 Å². The fourth-order valence-electron chi connectivity index (χ4n) is 1.16. The van der Waals surface area contributed by atoms with Gasteiger partial charge in [-0.1, -0.05) is 5.16 Å². The Morgan fingerprint density at radius 3 is 3.08 bits per heavy atom. The summed E-state index contributed by atoms with van der Waals surface area (Å²) < 4.78 is 17.7. The second kappa shape index (κ2) is 2.48. The molecule has 0 aliphatic carbocycles. The monoisotopic (exact) mass is 167 g/mol. The molecule has 0 saturated heterocycles. The van der Waals surface area contributed by atoms with Gasteiger partial charge in [0.15, 0.2) is 0 Å². The van der Waals surface area contributed by atoms with Gasteiger partial charge in [-0.3, -0.25) is 0 Å². The zero-order chi connectivity index (χ0) is 8.55. The molecule has 0 radical (unpaired) electrons. The smallest absolute Gasteiger partial charge is 0.134 e. The van der Waals surface area contributed by atoms with Gasteiger partial charge in [0.25, 0.3) is 0 Å². The Hall–Kier alpha value is -1.58. The highest BCUT2D eigenvalue weighted by Gasteiger charge is 2.19. The van der Waals surface area contributed by atoms with Crippen molar-refractivity contribution in [1.29, 1.82) is 0 Å². The van der Waals surface area contributed by atoms with E-state index in [4.69, 9.17) is 9.94 Å². The maximum absolute atomic E-state index is 12.6. The van der Waals surface area contributed by atoms with Crippen LogP contribution >= 0.6 is 0 Å². The van der Waals surface area contributed by atoms with Crippen LogP contribution in [-0.4, -0.2) is 17.5 Å². The summed E-state index contributed by atoms with van der Waals surface area (Å²) in [6, 6.07) is 4.11. The highest BCUT2D eigenvalue weighted by Crippen LogP contribution is 2.25. The molecule has 1 aromatic rings. The van der Waals surface area contributed by atoms with Crippen molar-refractivity contribution < 1.29 is 14.3 Å². The van der Waals surface area contributed by atoms with Crippen LogP contribution in [0.1, 0.15) is 5.56 Å². The zero-order valence-corrected chi connectivity index (χ0v) is 6.12. The fourth-order valence-corrected chi connectivity index (χ4v) is 1.16. The number of fused-ring (bicyclic) bond motifs is 1. The molecule has 1 aromatic carbocycles. The van der Waals surface area contributed by atoms with Crippen LogP contribution in [0, 0.1) is 5.82 Å². The topological polar surface area (TPSA) is 41.8 Å². The van der Waals surface area contributed by atoms with Crippen molar-refractivity contribution in [2.24, 2.45) is 5.16 Å². The van der Waals surface area contributed by atoms with E-state index >= 15 is 0 Å². The van der Waals surface area contributed by atoms with Crippen LogP contribution in [0.5, 0.6) is 5.75 Å². The first-order valence-corrected chi connectivity index (χ1v) is 3.45. The number of hydrogen-bond donors (Lipinski definition) is 1. The van der Waals surface area contributed by atoms with Crippen LogP contribution < -0.4 is 4.74 Å².